The zero-order valence-electron chi connectivity index (χ0n) is 47.5. The average molecular weight is 1040 g/mol. The van der Waals surface area contributed by atoms with Crippen LogP contribution in [0.25, 0.3) is 18.2 Å². The minimum Gasteiger partial charge on any atom is -0.507 e. The van der Waals surface area contributed by atoms with Gasteiger partial charge >= 0.3 is 35.0 Å². The van der Waals surface area contributed by atoms with E-state index in [-0.39, 0.29) is 17.2 Å². The molecule has 4 aromatic rings. The smallest absolute Gasteiger partial charge is 0.336 e. The number of nitrogens with zero attached hydrogens (tertiary/aromatic N) is 3. The molecule has 0 saturated heterocycles. The summed E-state index contributed by atoms with van der Waals surface area (Å²) in [4.78, 5) is 80.8. The Balaban J connectivity index is 1.61. The molecule has 1 aromatic heterocycles. The van der Waals surface area contributed by atoms with Crippen molar-refractivity contribution in [2.45, 2.75) is 177 Å². The molecule has 0 atom stereocenters. The predicted octanol–water partition coefficient (Wildman–Crippen LogP) is 9.84. The van der Waals surface area contributed by atoms with Gasteiger partial charge in [0.05, 0.1) is 19.6 Å². The van der Waals surface area contributed by atoms with Crippen LogP contribution in [0.15, 0.2) is 69.0 Å². The summed E-state index contributed by atoms with van der Waals surface area (Å²) in [6.45, 7) is 32.7. The number of benzene rings is 3. The summed E-state index contributed by atoms with van der Waals surface area (Å²) in [6.07, 6.45) is 8.23. The highest BCUT2D eigenvalue weighted by molar-refractivity contribution is 5.88. The molecule has 0 aliphatic heterocycles. The molecular formula is C60H81N3O12. The third-order valence-corrected chi connectivity index (χ3v) is 12.5. The van der Waals surface area contributed by atoms with E-state index in [0.717, 1.165) is 0 Å². The van der Waals surface area contributed by atoms with Crippen LogP contribution in [0.2, 0.25) is 0 Å². The number of carbonyl (C=O) groups is 3. The van der Waals surface area contributed by atoms with Gasteiger partial charge in [-0.05, 0) is 104 Å². The van der Waals surface area contributed by atoms with E-state index in [2.05, 4.69) is 0 Å². The number of aromatic nitrogens is 3. The molecule has 0 aliphatic carbocycles. The Hall–Kier alpha value is -6.90. The number of rotatable bonds is 15. The van der Waals surface area contributed by atoms with Gasteiger partial charge in [0.15, 0.2) is 0 Å². The number of esters is 3. The van der Waals surface area contributed by atoms with Crippen molar-refractivity contribution in [1.29, 1.82) is 0 Å². The van der Waals surface area contributed by atoms with Crippen LogP contribution in [-0.4, -0.2) is 66.7 Å². The summed E-state index contributed by atoms with van der Waals surface area (Å²) in [5, 5.41) is 33.4. The molecule has 0 aliphatic rings. The molecule has 0 spiro atoms. The summed E-state index contributed by atoms with van der Waals surface area (Å²) in [7, 11) is 0. The first-order valence-corrected chi connectivity index (χ1v) is 25.4. The van der Waals surface area contributed by atoms with Gasteiger partial charge in [0.25, 0.3) is 0 Å². The van der Waals surface area contributed by atoms with Crippen LogP contribution >= 0.6 is 0 Å². The largest absolute Gasteiger partial charge is 0.507 e. The Bertz CT molecular complexity index is 2600. The molecule has 0 fully saturated rings. The monoisotopic (exact) mass is 1040 g/mol. The summed E-state index contributed by atoms with van der Waals surface area (Å²) in [6, 6.07) is 10.8. The molecule has 15 nitrogen and oxygen atoms in total. The van der Waals surface area contributed by atoms with Crippen molar-refractivity contribution < 1.29 is 43.9 Å². The zero-order valence-corrected chi connectivity index (χ0v) is 47.5. The van der Waals surface area contributed by atoms with Gasteiger partial charge in [0.1, 0.15) is 37.1 Å². The van der Waals surface area contributed by atoms with Gasteiger partial charge in [0.2, 0.25) is 0 Å². The molecule has 0 radical (unpaired) electrons. The lowest BCUT2D eigenvalue weighted by Crippen LogP contribution is -2.55. The third kappa shape index (κ3) is 15.8. The van der Waals surface area contributed by atoms with Gasteiger partial charge in [-0.15, -0.1) is 0 Å². The lowest BCUT2D eigenvalue weighted by atomic mass is 9.78. The second kappa shape index (κ2) is 22.9. The summed E-state index contributed by atoms with van der Waals surface area (Å²) in [5.74, 6) is -1.81. The van der Waals surface area contributed by atoms with Gasteiger partial charge < -0.3 is 29.5 Å². The summed E-state index contributed by atoms with van der Waals surface area (Å²) >= 11 is 0. The number of hydrogen-bond acceptors (Lipinski definition) is 12. The maximum Gasteiger partial charge on any atom is 0.336 e. The zero-order chi connectivity index (χ0) is 57.0. The van der Waals surface area contributed by atoms with Crippen LogP contribution < -0.4 is 17.1 Å². The van der Waals surface area contributed by atoms with Gasteiger partial charge in [-0.25, -0.2) is 42.5 Å². The molecule has 0 bridgehead atoms. The van der Waals surface area contributed by atoms with Crippen molar-refractivity contribution in [3.8, 4) is 17.2 Å². The number of phenols is 3. The number of carbonyl (C=O) groups excluding carboxylic acids is 3. The number of aromatic hydroxyl groups is 3. The van der Waals surface area contributed by atoms with Crippen LogP contribution in [0.1, 0.15) is 175 Å². The van der Waals surface area contributed by atoms with Crippen LogP contribution in [0.4, 0.5) is 0 Å². The Kier molecular flexibility index (Phi) is 18.5. The molecule has 0 saturated carbocycles. The Morgan fingerprint density at radius 1 is 0.373 bits per heavy atom. The first-order valence-electron chi connectivity index (χ1n) is 25.4. The minimum absolute atomic E-state index is 0.183. The van der Waals surface area contributed by atoms with Crippen LogP contribution in [0.5, 0.6) is 17.2 Å². The first kappa shape index (κ1) is 60.7. The highest BCUT2D eigenvalue weighted by atomic mass is 16.5. The molecule has 15 heteroatoms. The van der Waals surface area contributed by atoms with Gasteiger partial charge in [-0.1, -0.05) is 125 Å². The average Bonchev–Trinajstić information content (AvgIpc) is 3.26. The quantitative estimate of drug-likeness (QED) is 0.0578. The van der Waals surface area contributed by atoms with E-state index in [1.807, 2.05) is 125 Å². The van der Waals surface area contributed by atoms with Gasteiger partial charge in [0, 0.05) is 51.6 Å². The van der Waals surface area contributed by atoms with E-state index >= 15 is 0 Å². The van der Waals surface area contributed by atoms with E-state index < -0.39 is 107 Å². The molecule has 0 amide bonds. The number of hydrogen-bond donors (Lipinski definition) is 3. The van der Waals surface area contributed by atoms with Crippen LogP contribution in [0, 0.1) is 0 Å². The molecule has 4 rings (SSSR count). The van der Waals surface area contributed by atoms with Crippen molar-refractivity contribution >= 4 is 36.1 Å². The number of phenolic OH excluding ortho intramolecular Hbond substituents is 3. The number of ether oxygens (including phenoxy) is 3. The molecule has 408 valence electrons. The fraction of sp³-hybridized carbons (Fsp3) is 0.500. The molecule has 75 heavy (non-hydrogen) atoms. The highest BCUT2D eigenvalue weighted by Gasteiger charge is 2.29. The van der Waals surface area contributed by atoms with E-state index in [0.29, 0.717) is 63.8 Å². The van der Waals surface area contributed by atoms with Gasteiger partial charge in [-0.2, -0.15) is 0 Å². The van der Waals surface area contributed by atoms with Crippen molar-refractivity contribution in [2.75, 3.05) is 19.8 Å². The fourth-order valence-corrected chi connectivity index (χ4v) is 8.30. The van der Waals surface area contributed by atoms with E-state index in [9.17, 15) is 44.1 Å². The Morgan fingerprint density at radius 3 is 0.707 bits per heavy atom. The SMILES string of the molecule is CC(C)(C)c1cc(C=CC(=O)OCCn2c(=O)n(CCOC(=O)C=Cc3cc(C(C)(C)C)c(O)c(C(C)(C)C)c3)c(=O)n(CCOC(=O)C=Cc3cc(C(C)(C)C)c(O)c(C(C)(C)C)c3)c2=O)cc(C(C)(C)C)c1O. The molecule has 3 aromatic carbocycles. The Morgan fingerprint density at radius 2 is 0.547 bits per heavy atom. The molecule has 1 heterocycles. The van der Waals surface area contributed by atoms with E-state index in [4.69, 9.17) is 14.2 Å². The topological polar surface area (TPSA) is 206 Å². The van der Waals surface area contributed by atoms with Crippen LogP contribution in [0.3, 0.4) is 0 Å². The second-order valence-electron chi connectivity index (χ2n) is 25.2. The fourth-order valence-electron chi connectivity index (χ4n) is 8.30. The van der Waals surface area contributed by atoms with Crippen molar-refractivity contribution in [3.63, 3.8) is 0 Å². The maximum atomic E-state index is 13.9. The highest BCUT2D eigenvalue weighted by Crippen LogP contribution is 2.42. The van der Waals surface area contributed by atoms with E-state index in [1.165, 1.54) is 18.2 Å². The standard InChI is InChI=1S/C60H81N3O12/c1-55(2,3)40-31-37(32-41(49(40)67)56(4,5)6)19-22-46(64)73-28-25-61-52(70)62(26-29-74-47(65)23-20-38-33-42(57(7,8)9)50(68)43(34-38)58(10,11)12)54(72)63(53(61)71)27-30-75-48(66)24-21-39-35-44(59(13,14)15)51(69)45(36-39)60(16,17)18/h19-24,31-36,67-69H,25-30H2,1-18H3. The predicted molar refractivity (Wildman–Crippen MR) is 296 cm³/mol. The molecular weight excluding hydrogens is 955 g/mol. The normalized spacial score (nSPS) is 13.0. The van der Waals surface area contributed by atoms with E-state index in [1.54, 1.807) is 54.6 Å². The third-order valence-electron chi connectivity index (χ3n) is 12.5. The lowest BCUT2D eigenvalue weighted by Gasteiger charge is -2.27. The second-order valence-corrected chi connectivity index (χ2v) is 25.2. The van der Waals surface area contributed by atoms with Crippen LogP contribution in [-0.2, 0) is 80.7 Å². The van der Waals surface area contributed by atoms with Crippen molar-refractivity contribution in [3.05, 3.63) is 136 Å². The lowest BCUT2D eigenvalue weighted by molar-refractivity contribution is -0.138. The van der Waals surface area contributed by atoms with Gasteiger partial charge in [-0.3, -0.25) is 0 Å². The summed E-state index contributed by atoms with van der Waals surface area (Å²) in [5.41, 5.74) is 0.495. The molecule has 3 N–H and O–H groups in total. The maximum absolute atomic E-state index is 13.9. The summed E-state index contributed by atoms with van der Waals surface area (Å²) < 4.78 is 18.4. The van der Waals surface area contributed by atoms with Crippen molar-refractivity contribution in [1.82, 2.24) is 13.7 Å². The van der Waals surface area contributed by atoms with Crippen molar-refractivity contribution in [2.24, 2.45) is 0 Å². The first-order chi connectivity index (χ1) is 34.2. The Labute approximate surface area is 442 Å². The molecule has 0 unspecified atom stereocenters. The minimum atomic E-state index is -1.06.